The summed E-state index contributed by atoms with van der Waals surface area (Å²) in [5.74, 6) is -0.853. The van der Waals surface area contributed by atoms with E-state index in [4.69, 9.17) is 11.6 Å². The van der Waals surface area contributed by atoms with Crippen molar-refractivity contribution in [2.24, 2.45) is 17.8 Å². The molecule has 0 bridgehead atoms. The molecule has 2 aliphatic carbocycles. The van der Waals surface area contributed by atoms with Gasteiger partial charge in [-0.1, -0.05) is 37.3 Å². The van der Waals surface area contributed by atoms with E-state index in [-0.39, 0.29) is 18.3 Å². The van der Waals surface area contributed by atoms with Gasteiger partial charge in [-0.25, -0.2) is 8.78 Å². The Morgan fingerprint density at radius 2 is 1.36 bits per heavy atom. The topological polar surface area (TPSA) is 9.23 Å². The fraction of sp³-hybridized carbons (Fsp3) is 0.586. The van der Waals surface area contributed by atoms with Crippen LogP contribution in [0.25, 0.3) is 0 Å². The zero-order valence-electron chi connectivity index (χ0n) is 20.4. The minimum Gasteiger partial charge on any atom is -0.429 e. The Morgan fingerprint density at radius 3 is 1.92 bits per heavy atom. The molecule has 2 saturated carbocycles. The largest absolute Gasteiger partial charge is 0.432 e. The first-order valence-corrected chi connectivity index (χ1v) is 13.5. The monoisotopic (exact) mass is 528 g/mol. The van der Waals surface area contributed by atoms with Gasteiger partial charge in [-0.05, 0) is 111 Å². The second kappa shape index (κ2) is 12.1. The molecule has 0 amide bonds. The maximum Gasteiger partial charge on any atom is 0.432 e. The second-order valence-electron chi connectivity index (χ2n) is 10.5. The third-order valence-corrected chi connectivity index (χ3v) is 8.46. The van der Waals surface area contributed by atoms with Crippen LogP contribution in [-0.4, -0.2) is 6.67 Å². The molecule has 0 N–H and O–H groups in total. The Hall–Kier alpha value is -1.82. The predicted octanol–water partition coefficient (Wildman–Crippen LogP) is 9.97. The zero-order valence-corrected chi connectivity index (χ0v) is 21.2. The van der Waals surface area contributed by atoms with E-state index in [2.05, 4.69) is 4.74 Å². The van der Waals surface area contributed by atoms with E-state index >= 15 is 0 Å². The number of rotatable bonds is 9. The Kier molecular flexibility index (Phi) is 9.19. The molecular formula is C29H34ClF5O. The number of hydrogen-bond donors (Lipinski definition) is 0. The molecule has 0 aliphatic heterocycles. The highest BCUT2D eigenvalue weighted by molar-refractivity contribution is 6.30. The van der Waals surface area contributed by atoms with Crippen molar-refractivity contribution in [3.63, 3.8) is 0 Å². The summed E-state index contributed by atoms with van der Waals surface area (Å²) in [4.78, 5) is 0. The van der Waals surface area contributed by atoms with Crippen molar-refractivity contribution in [3.8, 4) is 5.75 Å². The maximum atomic E-state index is 14.8. The van der Waals surface area contributed by atoms with E-state index in [0.29, 0.717) is 28.8 Å². The molecule has 198 valence electrons. The van der Waals surface area contributed by atoms with Gasteiger partial charge in [-0.2, -0.15) is 8.78 Å². The summed E-state index contributed by atoms with van der Waals surface area (Å²) >= 11 is 5.75. The molecule has 0 aromatic heterocycles. The highest BCUT2D eigenvalue weighted by Crippen LogP contribution is 2.45. The molecular weight excluding hydrogens is 495 g/mol. The molecule has 7 heteroatoms. The molecule has 2 aromatic carbocycles. The molecule has 36 heavy (non-hydrogen) atoms. The Morgan fingerprint density at radius 1 is 0.806 bits per heavy atom. The number of benzene rings is 2. The van der Waals surface area contributed by atoms with E-state index in [1.807, 2.05) is 0 Å². The lowest BCUT2D eigenvalue weighted by Crippen LogP contribution is -2.26. The van der Waals surface area contributed by atoms with Gasteiger partial charge >= 0.3 is 6.11 Å². The van der Waals surface area contributed by atoms with Crippen LogP contribution in [0.15, 0.2) is 36.4 Å². The van der Waals surface area contributed by atoms with Crippen LogP contribution in [0, 0.1) is 29.4 Å². The molecule has 2 aliphatic rings. The normalized spacial score (nSPS) is 25.1. The molecule has 0 atom stereocenters. The number of ether oxygens (including phenoxy) is 1. The highest BCUT2D eigenvalue weighted by atomic mass is 35.5. The van der Waals surface area contributed by atoms with Crippen molar-refractivity contribution in [2.75, 3.05) is 6.67 Å². The van der Waals surface area contributed by atoms with Crippen molar-refractivity contribution < 1.29 is 26.7 Å². The van der Waals surface area contributed by atoms with Crippen LogP contribution in [0.2, 0.25) is 5.02 Å². The summed E-state index contributed by atoms with van der Waals surface area (Å²) in [7, 11) is 0. The third kappa shape index (κ3) is 6.73. The lowest BCUT2D eigenvalue weighted by Gasteiger charge is -2.38. The van der Waals surface area contributed by atoms with Crippen LogP contribution < -0.4 is 4.74 Å². The molecule has 0 radical (unpaired) electrons. The first-order chi connectivity index (χ1) is 17.3. The second-order valence-corrected chi connectivity index (χ2v) is 10.9. The van der Waals surface area contributed by atoms with Gasteiger partial charge in [0, 0.05) is 5.02 Å². The minimum absolute atomic E-state index is 0.0397. The van der Waals surface area contributed by atoms with E-state index in [1.165, 1.54) is 49.9 Å². The molecule has 0 spiro atoms. The van der Waals surface area contributed by atoms with Gasteiger partial charge in [0.1, 0.15) is 22.9 Å². The summed E-state index contributed by atoms with van der Waals surface area (Å²) in [5, 5.41) is 0.333. The van der Waals surface area contributed by atoms with Gasteiger partial charge in [0.15, 0.2) is 0 Å². The summed E-state index contributed by atoms with van der Waals surface area (Å²) in [6, 6.07) is 7.26. The van der Waals surface area contributed by atoms with Crippen LogP contribution in [0.5, 0.6) is 5.75 Å². The Bertz CT molecular complexity index is 957. The van der Waals surface area contributed by atoms with Gasteiger partial charge in [-0.3, -0.25) is 4.39 Å². The van der Waals surface area contributed by atoms with Crippen molar-refractivity contribution >= 4 is 11.6 Å². The first-order valence-electron chi connectivity index (χ1n) is 13.1. The minimum atomic E-state index is -4.16. The molecule has 4 rings (SSSR count). The van der Waals surface area contributed by atoms with Gasteiger partial charge in [-0.15, -0.1) is 0 Å². The van der Waals surface area contributed by atoms with Crippen LogP contribution >= 0.6 is 11.6 Å². The summed E-state index contributed by atoms with van der Waals surface area (Å²) in [6.07, 6.45) is 7.01. The van der Waals surface area contributed by atoms with E-state index in [1.54, 1.807) is 0 Å². The SMILES string of the molecule is FCCCCC1CCC(C2CCC(c3cc(F)c(C(F)(F)Oc4ccc(Cl)cc4)c(F)c3)CC2)CC1. The van der Waals surface area contributed by atoms with Crippen molar-refractivity contribution in [1.82, 2.24) is 0 Å². The van der Waals surface area contributed by atoms with E-state index in [0.717, 1.165) is 56.6 Å². The van der Waals surface area contributed by atoms with Crippen LogP contribution in [0.1, 0.15) is 87.7 Å². The zero-order chi connectivity index (χ0) is 25.7. The lowest BCUT2D eigenvalue weighted by molar-refractivity contribution is -0.189. The fourth-order valence-corrected chi connectivity index (χ4v) is 6.33. The number of hydrogen-bond acceptors (Lipinski definition) is 1. The average Bonchev–Trinajstić information content (AvgIpc) is 2.85. The number of halogens is 6. The van der Waals surface area contributed by atoms with Crippen LogP contribution in [0.3, 0.4) is 0 Å². The van der Waals surface area contributed by atoms with Crippen molar-refractivity contribution in [3.05, 3.63) is 64.2 Å². The van der Waals surface area contributed by atoms with Gasteiger partial charge in [0.05, 0.1) is 6.67 Å². The van der Waals surface area contributed by atoms with Crippen LogP contribution in [-0.2, 0) is 6.11 Å². The van der Waals surface area contributed by atoms with Crippen molar-refractivity contribution in [2.45, 2.75) is 82.7 Å². The maximum absolute atomic E-state index is 14.8. The molecule has 1 nitrogen and oxygen atoms in total. The number of unbranched alkanes of at least 4 members (excludes halogenated alkanes) is 1. The van der Waals surface area contributed by atoms with Gasteiger partial charge in [0.25, 0.3) is 0 Å². The van der Waals surface area contributed by atoms with Gasteiger partial charge in [0.2, 0.25) is 0 Å². The molecule has 0 heterocycles. The van der Waals surface area contributed by atoms with E-state index in [9.17, 15) is 22.0 Å². The van der Waals surface area contributed by atoms with Crippen LogP contribution in [0.4, 0.5) is 22.0 Å². The third-order valence-electron chi connectivity index (χ3n) is 8.21. The standard InChI is InChI=1S/C29H34ClF5O/c30-24-12-14-25(15-13-24)36-29(34,35)28-26(32)17-23(18-27(28)33)22-10-8-21(9-11-22)20-6-4-19(5-7-20)3-1-2-16-31/h12-15,17-22H,1-11,16H2. The quantitative estimate of drug-likeness (QED) is 0.232. The summed E-state index contributed by atoms with van der Waals surface area (Å²) in [6.45, 7) is -0.227. The van der Waals surface area contributed by atoms with Gasteiger partial charge < -0.3 is 4.74 Å². The fourth-order valence-electron chi connectivity index (χ4n) is 6.21. The molecule has 0 saturated heterocycles. The lowest BCUT2D eigenvalue weighted by atomic mass is 9.68. The molecule has 2 aromatic rings. The Balaban J connectivity index is 1.33. The average molecular weight is 529 g/mol. The van der Waals surface area contributed by atoms with E-state index < -0.39 is 23.3 Å². The predicted molar refractivity (Wildman–Crippen MR) is 132 cm³/mol. The molecule has 0 unspecified atom stereocenters. The number of alkyl halides is 3. The van der Waals surface area contributed by atoms with Crippen molar-refractivity contribution in [1.29, 1.82) is 0 Å². The summed E-state index contributed by atoms with van der Waals surface area (Å²) < 4.78 is 75.9. The smallest absolute Gasteiger partial charge is 0.429 e. The Labute approximate surface area is 215 Å². The molecule has 2 fully saturated rings. The highest BCUT2D eigenvalue weighted by Gasteiger charge is 2.42. The first kappa shape index (κ1) is 27.2. The summed E-state index contributed by atoms with van der Waals surface area (Å²) in [5.41, 5.74) is -0.941.